The summed E-state index contributed by atoms with van der Waals surface area (Å²) in [6, 6.07) is 0. The monoisotopic (exact) mass is 294 g/mol. The fourth-order valence-electron chi connectivity index (χ4n) is 4.31. The Bertz CT molecular complexity index is 256. The summed E-state index contributed by atoms with van der Waals surface area (Å²) in [6.07, 6.45) is 12.9. The van der Waals surface area contributed by atoms with Gasteiger partial charge in [-0.15, -0.1) is 0 Å². The zero-order valence-electron chi connectivity index (χ0n) is 14.7. The van der Waals surface area contributed by atoms with Crippen LogP contribution < -0.4 is 0 Å². The molecule has 21 heavy (non-hydrogen) atoms. The van der Waals surface area contributed by atoms with Crippen LogP contribution in [-0.4, -0.2) is 49.1 Å². The highest BCUT2D eigenvalue weighted by molar-refractivity contribution is 4.75. The Morgan fingerprint density at radius 2 is 1.62 bits per heavy atom. The Morgan fingerprint density at radius 1 is 0.905 bits per heavy atom. The van der Waals surface area contributed by atoms with Gasteiger partial charge in [0.2, 0.25) is 0 Å². The molecule has 0 aromatic rings. The predicted molar refractivity (Wildman–Crippen MR) is 92.8 cm³/mol. The minimum atomic E-state index is 0.917. The molecule has 0 aromatic carbocycles. The van der Waals surface area contributed by atoms with E-state index in [4.69, 9.17) is 0 Å². The molecule has 2 fully saturated rings. The Morgan fingerprint density at radius 3 is 2.33 bits per heavy atom. The minimum absolute atomic E-state index is 0.917. The molecule has 0 radical (unpaired) electrons. The first kappa shape index (κ1) is 17.3. The van der Waals surface area contributed by atoms with Gasteiger partial charge in [-0.1, -0.05) is 26.7 Å². The second-order valence-corrected chi connectivity index (χ2v) is 7.69. The van der Waals surface area contributed by atoms with Gasteiger partial charge >= 0.3 is 0 Å². The summed E-state index contributed by atoms with van der Waals surface area (Å²) in [7, 11) is 0. The second kappa shape index (κ2) is 9.84. The SMILES string of the molecule is CCCN1CCCC(CC(C)CCN2CCCCCC2)C1. The molecule has 2 aliphatic heterocycles. The normalized spacial score (nSPS) is 27.4. The van der Waals surface area contributed by atoms with E-state index in [0.717, 1.165) is 11.8 Å². The van der Waals surface area contributed by atoms with E-state index in [1.165, 1.54) is 97.1 Å². The third-order valence-corrected chi connectivity index (χ3v) is 5.52. The van der Waals surface area contributed by atoms with Gasteiger partial charge in [0.15, 0.2) is 0 Å². The van der Waals surface area contributed by atoms with Crippen LogP contribution in [0, 0.1) is 11.8 Å². The lowest BCUT2D eigenvalue weighted by Crippen LogP contribution is -2.36. The lowest BCUT2D eigenvalue weighted by molar-refractivity contribution is 0.152. The molecule has 2 heteroatoms. The molecule has 0 aromatic heterocycles. The van der Waals surface area contributed by atoms with Crippen molar-refractivity contribution in [2.45, 2.75) is 71.6 Å². The van der Waals surface area contributed by atoms with Gasteiger partial charge in [0.05, 0.1) is 0 Å². The third kappa shape index (κ3) is 6.69. The maximum absolute atomic E-state index is 2.73. The number of likely N-dealkylation sites (tertiary alicyclic amines) is 2. The van der Waals surface area contributed by atoms with Gasteiger partial charge in [0, 0.05) is 6.54 Å². The summed E-state index contributed by atoms with van der Waals surface area (Å²) in [6.45, 7) is 12.9. The highest BCUT2D eigenvalue weighted by atomic mass is 15.1. The van der Waals surface area contributed by atoms with Crippen molar-refractivity contribution in [1.29, 1.82) is 0 Å². The smallest absolute Gasteiger partial charge is 0.000976 e. The fraction of sp³-hybridized carbons (Fsp3) is 1.00. The molecule has 0 N–H and O–H groups in total. The standard InChI is InChI=1S/C19H38N2/c1-3-11-21-14-8-9-19(17-21)16-18(2)10-15-20-12-6-4-5-7-13-20/h18-19H,3-17H2,1-2H3. The van der Waals surface area contributed by atoms with Gasteiger partial charge < -0.3 is 9.80 Å². The van der Waals surface area contributed by atoms with Crippen LogP contribution >= 0.6 is 0 Å². The van der Waals surface area contributed by atoms with Crippen molar-refractivity contribution in [2.24, 2.45) is 11.8 Å². The van der Waals surface area contributed by atoms with Crippen LogP contribution in [0.5, 0.6) is 0 Å². The van der Waals surface area contributed by atoms with Crippen molar-refractivity contribution < 1.29 is 0 Å². The Labute approximate surface area is 133 Å². The quantitative estimate of drug-likeness (QED) is 0.686. The largest absolute Gasteiger partial charge is 0.303 e. The Hall–Kier alpha value is -0.0800. The molecule has 0 bridgehead atoms. The molecule has 0 spiro atoms. The molecule has 2 aliphatic rings. The van der Waals surface area contributed by atoms with E-state index < -0.39 is 0 Å². The van der Waals surface area contributed by atoms with E-state index in [9.17, 15) is 0 Å². The van der Waals surface area contributed by atoms with Crippen molar-refractivity contribution in [3.05, 3.63) is 0 Å². The first-order valence-electron chi connectivity index (χ1n) is 9.72. The Balaban J connectivity index is 1.62. The zero-order chi connectivity index (χ0) is 14.9. The first-order valence-corrected chi connectivity index (χ1v) is 9.72. The minimum Gasteiger partial charge on any atom is -0.303 e. The molecule has 124 valence electrons. The van der Waals surface area contributed by atoms with Crippen LogP contribution in [-0.2, 0) is 0 Å². The first-order chi connectivity index (χ1) is 10.3. The molecular formula is C19H38N2. The predicted octanol–water partition coefficient (Wildman–Crippen LogP) is 4.40. The van der Waals surface area contributed by atoms with Crippen molar-refractivity contribution in [3.63, 3.8) is 0 Å². The average Bonchev–Trinajstić information content (AvgIpc) is 2.74. The molecule has 0 aliphatic carbocycles. The zero-order valence-corrected chi connectivity index (χ0v) is 14.7. The maximum atomic E-state index is 2.73. The summed E-state index contributed by atoms with van der Waals surface area (Å²) in [5, 5.41) is 0. The summed E-state index contributed by atoms with van der Waals surface area (Å²) in [5.74, 6) is 1.89. The number of rotatable bonds is 7. The average molecular weight is 295 g/mol. The lowest BCUT2D eigenvalue weighted by Gasteiger charge is -2.34. The van der Waals surface area contributed by atoms with Crippen LogP contribution in [0.15, 0.2) is 0 Å². The highest BCUT2D eigenvalue weighted by Crippen LogP contribution is 2.25. The Kier molecular flexibility index (Phi) is 8.10. The van der Waals surface area contributed by atoms with E-state index in [0.29, 0.717) is 0 Å². The van der Waals surface area contributed by atoms with Gasteiger partial charge in [0.25, 0.3) is 0 Å². The van der Waals surface area contributed by atoms with E-state index in [1.54, 1.807) is 0 Å². The molecule has 2 nitrogen and oxygen atoms in total. The van der Waals surface area contributed by atoms with Crippen molar-refractivity contribution in [3.8, 4) is 0 Å². The molecule has 2 unspecified atom stereocenters. The van der Waals surface area contributed by atoms with Gasteiger partial charge in [-0.25, -0.2) is 0 Å². The molecule has 2 saturated heterocycles. The van der Waals surface area contributed by atoms with Gasteiger partial charge in [-0.05, 0) is 89.5 Å². The highest BCUT2D eigenvalue weighted by Gasteiger charge is 2.21. The van der Waals surface area contributed by atoms with Crippen LogP contribution in [0.25, 0.3) is 0 Å². The number of hydrogen-bond acceptors (Lipinski definition) is 2. The van der Waals surface area contributed by atoms with Gasteiger partial charge in [0.1, 0.15) is 0 Å². The van der Waals surface area contributed by atoms with E-state index >= 15 is 0 Å². The topological polar surface area (TPSA) is 6.48 Å². The molecule has 2 heterocycles. The molecule has 2 atom stereocenters. The lowest BCUT2D eigenvalue weighted by atomic mass is 9.87. The third-order valence-electron chi connectivity index (χ3n) is 5.52. The van der Waals surface area contributed by atoms with E-state index in [1.807, 2.05) is 0 Å². The summed E-state index contributed by atoms with van der Waals surface area (Å²) in [4.78, 5) is 5.43. The van der Waals surface area contributed by atoms with Crippen molar-refractivity contribution in [2.75, 3.05) is 39.3 Å². The maximum Gasteiger partial charge on any atom is 0.000976 e. The van der Waals surface area contributed by atoms with Crippen LogP contribution in [0.4, 0.5) is 0 Å². The number of hydrogen-bond donors (Lipinski definition) is 0. The number of piperidine rings is 1. The molecular weight excluding hydrogens is 256 g/mol. The van der Waals surface area contributed by atoms with Crippen LogP contribution in [0.1, 0.15) is 71.6 Å². The second-order valence-electron chi connectivity index (χ2n) is 7.69. The van der Waals surface area contributed by atoms with Crippen molar-refractivity contribution in [1.82, 2.24) is 9.80 Å². The molecule has 0 saturated carbocycles. The fourth-order valence-corrected chi connectivity index (χ4v) is 4.31. The van der Waals surface area contributed by atoms with E-state index in [2.05, 4.69) is 23.6 Å². The van der Waals surface area contributed by atoms with Gasteiger partial charge in [-0.2, -0.15) is 0 Å². The van der Waals surface area contributed by atoms with Crippen LogP contribution in [0.3, 0.4) is 0 Å². The molecule has 2 rings (SSSR count). The van der Waals surface area contributed by atoms with Crippen molar-refractivity contribution >= 4 is 0 Å². The van der Waals surface area contributed by atoms with Gasteiger partial charge in [-0.3, -0.25) is 0 Å². The number of nitrogens with zero attached hydrogens (tertiary/aromatic N) is 2. The summed E-state index contributed by atoms with van der Waals surface area (Å²) >= 11 is 0. The van der Waals surface area contributed by atoms with E-state index in [-0.39, 0.29) is 0 Å². The molecule has 0 amide bonds. The summed E-state index contributed by atoms with van der Waals surface area (Å²) < 4.78 is 0. The van der Waals surface area contributed by atoms with Crippen LogP contribution in [0.2, 0.25) is 0 Å². The summed E-state index contributed by atoms with van der Waals surface area (Å²) in [5.41, 5.74) is 0.